The molecular formula is C18H17FN2O. The largest absolute Gasteiger partial charge is 0.399 e. The highest BCUT2D eigenvalue weighted by molar-refractivity contribution is 5.84. The van der Waals surface area contributed by atoms with Gasteiger partial charge in [-0.05, 0) is 60.9 Å². The Labute approximate surface area is 128 Å². The van der Waals surface area contributed by atoms with Crippen LogP contribution in [0, 0.1) is 19.7 Å². The first kappa shape index (κ1) is 14.5. The average molecular weight is 296 g/mol. The van der Waals surface area contributed by atoms with Crippen molar-refractivity contribution in [2.75, 3.05) is 5.73 Å². The van der Waals surface area contributed by atoms with Crippen LogP contribution in [0.1, 0.15) is 28.4 Å². The molecule has 1 atom stereocenters. The van der Waals surface area contributed by atoms with Gasteiger partial charge >= 0.3 is 0 Å². The van der Waals surface area contributed by atoms with E-state index in [1.807, 2.05) is 26.0 Å². The molecule has 0 fully saturated rings. The van der Waals surface area contributed by atoms with Crippen molar-refractivity contribution in [2.24, 2.45) is 0 Å². The number of fused-ring (bicyclic) bond motifs is 1. The third-order valence-corrected chi connectivity index (χ3v) is 4.00. The summed E-state index contributed by atoms with van der Waals surface area (Å²) in [6, 6.07) is 9.99. The second kappa shape index (κ2) is 5.39. The van der Waals surface area contributed by atoms with E-state index in [2.05, 4.69) is 4.98 Å². The van der Waals surface area contributed by atoms with Crippen LogP contribution in [-0.2, 0) is 0 Å². The van der Waals surface area contributed by atoms with E-state index in [1.54, 1.807) is 18.3 Å². The van der Waals surface area contributed by atoms with Gasteiger partial charge in [-0.2, -0.15) is 0 Å². The van der Waals surface area contributed by atoms with Crippen LogP contribution in [0.3, 0.4) is 0 Å². The number of rotatable bonds is 2. The number of hydrogen-bond acceptors (Lipinski definition) is 3. The monoisotopic (exact) mass is 296 g/mol. The maximum absolute atomic E-state index is 14.1. The van der Waals surface area contributed by atoms with Crippen LogP contribution in [0.4, 0.5) is 10.1 Å². The Morgan fingerprint density at radius 3 is 2.50 bits per heavy atom. The van der Waals surface area contributed by atoms with Crippen molar-refractivity contribution in [1.82, 2.24) is 4.98 Å². The number of aliphatic hydroxyl groups excluding tert-OH is 1. The molecule has 0 saturated heterocycles. The van der Waals surface area contributed by atoms with Crippen LogP contribution in [0.5, 0.6) is 0 Å². The molecule has 0 aliphatic heterocycles. The minimum absolute atomic E-state index is 0.208. The van der Waals surface area contributed by atoms with Crippen molar-refractivity contribution in [3.05, 3.63) is 70.7 Å². The number of aromatic nitrogens is 1. The Morgan fingerprint density at radius 2 is 1.77 bits per heavy atom. The molecule has 3 N–H and O–H groups in total. The van der Waals surface area contributed by atoms with E-state index in [0.29, 0.717) is 11.3 Å². The maximum atomic E-state index is 14.1. The van der Waals surface area contributed by atoms with E-state index in [-0.39, 0.29) is 5.56 Å². The van der Waals surface area contributed by atoms with Gasteiger partial charge in [-0.3, -0.25) is 4.98 Å². The highest BCUT2D eigenvalue weighted by Crippen LogP contribution is 2.31. The molecule has 22 heavy (non-hydrogen) atoms. The van der Waals surface area contributed by atoms with E-state index >= 15 is 0 Å². The van der Waals surface area contributed by atoms with Crippen LogP contribution < -0.4 is 5.73 Å². The Hall–Kier alpha value is -2.46. The lowest BCUT2D eigenvalue weighted by Crippen LogP contribution is -2.05. The summed E-state index contributed by atoms with van der Waals surface area (Å²) < 4.78 is 14.1. The third kappa shape index (κ3) is 2.42. The van der Waals surface area contributed by atoms with Gasteiger partial charge < -0.3 is 10.8 Å². The number of hydrogen-bond donors (Lipinski definition) is 2. The molecule has 0 amide bonds. The third-order valence-electron chi connectivity index (χ3n) is 4.00. The molecule has 1 unspecified atom stereocenters. The fourth-order valence-corrected chi connectivity index (χ4v) is 2.60. The van der Waals surface area contributed by atoms with Gasteiger partial charge in [-0.25, -0.2) is 4.39 Å². The molecular weight excluding hydrogens is 279 g/mol. The second-order valence-corrected chi connectivity index (χ2v) is 5.54. The van der Waals surface area contributed by atoms with E-state index in [1.165, 1.54) is 12.1 Å². The summed E-state index contributed by atoms with van der Waals surface area (Å²) in [5.41, 5.74) is 9.76. The van der Waals surface area contributed by atoms with Gasteiger partial charge in [0.25, 0.3) is 0 Å². The summed E-state index contributed by atoms with van der Waals surface area (Å²) in [4.78, 5) is 4.33. The van der Waals surface area contributed by atoms with E-state index in [0.717, 1.165) is 22.0 Å². The first-order chi connectivity index (χ1) is 10.5. The van der Waals surface area contributed by atoms with Crippen molar-refractivity contribution in [1.29, 1.82) is 0 Å². The lowest BCUT2D eigenvalue weighted by molar-refractivity contribution is 0.216. The number of aliphatic hydroxyl groups is 1. The van der Waals surface area contributed by atoms with Gasteiger partial charge in [-0.15, -0.1) is 0 Å². The highest BCUT2D eigenvalue weighted by atomic mass is 19.1. The van der Waals surface area contributed by atoms with Crippen molar-refractivity contribution < 1.29 is 9.50 Å². The number of pyridine rings is 1. The predicted octanol–water partition coefficient (Wildman–Crippen LogP) is 3.65. The normalized spacial score (nSPS) is 12.5. The fraction of sp³-hybridized carbons (Fsp3) is 0.167. The number of nitrogens with two attached hydrogens (primary N) is 1. The average Bonchev–Trinajstić information content (AvgIpc) is 2.47. The zero-order valence-electron chi connectivity index (χ0n) is 12.5. The van der Waals surface area contributed by atoms with Gasteiger partial charge in [0.1, 0.15) is 11.9 Å². The molecule has 0 aliphatic carbocycles. The molecule has 3 rings (SSSR count). The molecule has 3 aromatic rings. The second-order valence-electron chi connectivity index (χ2n) is 5.54. The Balaban J connectivity index is 2.19. The van der Waals surface area contributed by atoms with Crippen LogP contribution >= 0.6 is 0 Å². The van der Waals surface area contributed by atoms with Gasteiger partial charge in [0.15, 0.2) is 0 Å². The van der Waals surface area contributed by atoms with Gasteiger partial charge in [0.2, 0.25) is 0 Å². The van der Waals surface area contributed by atoms with Gasteiger partial charge in [0.05, 0.1) is 5.52 Å². The topological polar surface area (TPSA) is 59.1 Å². The summed E-state index contributed by atoms with van der Waals surface area (Å²) in [6.45, 7) is 4.01. The zero-order chi connectivity index (χ0) is 15.9. The SMILES string of the molecule is Cc1cc2nccc(C(O)c3ccc(N)cc3F)c2cc1C. The van der Waals surface area contributed by atoms with E-state index in [9.17, 15) is 9.50 Å². The first-order valence-corrected chi connectivity index (χ1v) is 7.06. The molecule has 4 heteroatoms. The van der Waals surface area contributed by atoms with Crippen molar-refractivity contribution in [2.45, 2.75) is 20.0 Å². The fourth-order valence-electron chi connectivity index (χ4n) is 2.60. The van der Waals surface area contributed by atoms with Gasteiger partial charge in [-0.1, -0.05) is 6.07 Å². The number of halogens is 1. The molecule has 0 spiro atoms. The van der Waals surface area contributed by atoms with Crippen LogP contribution in [-0.4, -0.2) is 10.1 Å². The van der Waals surface area contributed by atoms with Crippen LogP contribution in [0.25, 0.3) is 10.9 Å². The summed E-state index contributed by atoms with van der Waals surface area (Å²) in [6.07, 6.45) is 0.568. The van der Waals surface area contributed by atoms with Crippen molar-refractivity contribution in [3.8, 4) is 0 Å². The van der Waals surface area contributed by atoms with Crippen LogP contribution in [0.15, 0.2) is 42.6 Å². The number of anilines is 1. The van der Waals surface area contributed by atoms with Crippen molar-refractivity contribution in [3.63, 3.8) is 0 Å². The molecule has 3 nitrogen and oxygen atoms in total. The Kier molecular flexibility index (Phi) is 3.54. The molecule has 0 bridgehead atoms. The lowest BCUT2D eigenvalue weighted by Gasteiger charge is -2.16. The van der Waals surface area contributed by atoms with Crippen molar-refractivity contribution >= 4 is 16.6 Å². The van der Waals surface area contributed by atoms with Gasteiger partial charge in [0, 0.05) is 22.8 Å². The predicted molar refractivity (Wildman–Crippen MR) is 86.1 cm³/mol. The molecule has 2 aromatic carbocycles. The summed E-state index contributed by atoms with van der Waals surface area (Å²) in [5.74, 6) is -0.513. The lowest BCUT2D eigenvalue weighted by atomic mass is 9.95. The zero-order valence-corrected chi connectivity index (χ0v) is 12.5. The molecule has 1 heterocycles. The molecule has 1 aromatic heterocycles. The summed E-state index contributed by atoms with van der Waals surface area (Å²) >= 11 is 0. The Morgan fingerprint density at radius 1 is 1.05 bits per heavy atom. The van der Waals surface area contributed by atoms with Crippen LogP contribution in [0.2, 0.25) is 0 Å². The number of benzene rings is 2. The summed E-state index contributed by atoms with van der Waals surface area (Å²) in [7, 11) is 0. The molecule has 112 valence electrons. The number of nitrogen functional groups attached to an aromatic ring is 1. The smallest absolute Gasteiger partial charge is 0.131 e. The summed E-state index contributed by atoms with van der Waals surface area (Å²) in [5, 5.41) is 11.4. The molecule has 0 aliphatic rings. The Bertz CT molecular complexity index is 861. The standard InChI is InChI=1S/C18H17FN2O/c1-10-7-15-13(5-6-21-17(15)8-11(10)2)18(22)14-4-3-12(20)9-16(14)19/h3-9,18,22H,20H2,1-2H3. The highest BCUT2D eigenvalue weighted by Gasteiger charge is 2.18. The molecule has 0 saturated carbocycles. The maximum Gasteiger partial charge on any atom is 0.131 e. The van der Waals surface area contributed by atoms with E-state index in [4.69, 9.17) is 5.73 Å². The minimum atomic E-state index is -1.06. The number of aryl methyl sites for hydroxylation is 2. The number of nitrogens with zero attached hydrogens (tertiary/aromatic N) is 1. The first-order valence-electron chi connectivity index (χ1n) is 7.06. The van der Waals surface area contributed by atoms with E-state index < -0.39 is 11.9 Å². The quantitative estimate of drug-likeness (QED) is 0.710. The molecule has 0 radical (unpaired) electrons. The minimum Gasteiger partial charge on any atom is -0.399 e.